The number of piperidine rings is 1. The monoisotopic (exact) mass is 350 g/mol. The Morgan fingerprint density at radius 1 is 1.12 bits per heavy atom. The second-order valence-electron chi connectivity index (χ2n) is 7.43. The molecule has 2 aliphatic rings. The molecule has 0 radical (unpaired) electrons. The highest BCUT2D eigenvalue weighted by atomic mass is 16.3. The molecule has 1 fully saturated rings. The van der Waals surface area contributed by atoms with E-state index in [9.17, 15) is 5.11 Å². The molecule has 0 saturated carbocycles. The first-order chi connectivity index (χ1) is 12.7. The lowest BCUT2D eigenvalue weighted by molar-refractivity contribution is 0.0163. The average Bonchev–Trinajstić information content (AvgIpc) is 3.30. The zero-order valence-electron chi connectivity index (χ0n) is 14.7. The molecule has 1 N–H and O–H groups in total. The van der Waals surface area contributed by atoms with Crippen LogP contribution in [0.4, 0.5) is 5.82 Å². The largest absolute Gasteiger partial charge is 0.389 e. The van der Waals surface area contributed by atoms with Gasteiger partial charge in [0.1, 0.15) is 12.1 Å². The molecule has 0 atom stereocenters. The Hall–Kier alpha value is -2.54. The molecular formula is C19H22N6O. The normalized spacial score (nSPS) is 19.0. The molecule has 0 aromatic carbocycles. The van der Waals surface area contributed by atoms with Gasteiger partial charge in [0.2, 0.25) is 0 Å². The van der Waals surface area contributed by atoms with Crippen molar-refractivity contribution >= 4 is 11.6 Å². The summed E-state index contributed by atoms with van der Waals surface area (Å²) < 4.78 is 1.87. The summed E-state index contributed by atoms with van der Waals surface area (Å²) in [6.45, 7) is 1.62. The van der Waals surface area contributed by atoms with Crippen LogP contribution in [0.15, 0.2) is 30.9 Å². The van der Waals surface area contributed by atoms with Gasteiger partial charge in [-0.3, -0.25) is 4.98 Å². The van der Waals surface area contributed by atoms with Crippen molar-refractivity contribution in [3.63, 3.8) is 0 Å². The Bertz CT molecular complexity index is 930. The highest BCUT2D eigenvalue weighted by Crippen LogP contribution is 2.34. The van der Waals surface area contributed by atoms with Crippen LogP contribution in [0.3, 0.4) is 0 Å². The van der Waals surface area contributed by atoms with Gasteiger partial charge in [-0.15, -0.1) is 0 Å². The lowest BCUT2D eigenvalue weighted by Gasteiger charge is -2.39. The number of nitrogens with zero attached hydrogens (tertiary/aromatic N) is 6. The molecule has 0 bridgehead atoms. The van der Waals surface area contributed by atoms with Crippen molar-refractivity contribution in [2.75, 3.05) is 18.0 Å². The van der Waals surface area contributed by atoms with Gasteiger partial charge in [0.05, 0.1) is 11.3 Å². The maximum Gasteiger partial charge on any atom is 0.254 e. The van der Waals surface area contributed by atoms with Crippen LogP contribution in [-0.4, -0.2) is 48.4 Å². The van der Waals surface area contributed by atoms with Crippen molar-refractivity contribution in [3.05, 3.63) is 47.7 Å². The third kappa shape index (κ3) is 2.63. The topological polar surface area (TPSA) is 79.4 Å². The minimum Gasteiger partial charge on any atom is -0.389 e. The molecular weight excluding hydrogens is 328 g/mol. The van der Waals surface area contributed by atoms with Crippen LogP contribution in [0.25, 0.3) is 5.78 Å². The van der Waals surface area contributed by atoms with Crippen molar-refractivity contribution in [2.24, 2.45) is 0 Å². The molecule has 0 spiro atoms. The van der Waals surface area contributed by atoms with Crippen molar-refractivity contribution in [3.8, 4) is 0 Å². The zero-order valence-corrected chi connectivity index (χ0v) is 14.7. The third-order valence-corrected chi connectivity index (χ3v) is 5.70. The average molecular weight is 350 g/mol. The first-order valence-corrected chi connectivity index (χ1v) is 9.30. The Balaban J connectivity index is 1.41. The maximum absolute atomic E-state index is 11.1. The number of aliphatic hydroxyl groups is 1. The number of aryl methyl sites for hydroxylation is 1. The van der Waals surface area contributed by atoms with E-state index in [0.717, 1.165) is 62.3 Å². The number of rotatable bonds is 3. The molecule has 0 unspecified atom stereocenters. The van der Waals surface area contributed by atoms with Crippen molar-refractivity contribution in [1.29, 1.82) is 0 Å². The minimum absolute atomic E-state index is 0.657. The third-order valence-electron chi connectivity index (χ3n) is 5.70. The minimum atomic E-state index is -0.657. The summed E-state index contributed by atoms with van der Waals surface area (Å²) in [4.78, 5) is 15.4. The number of hydrogen-bond acceptors (Lipinski definition) is 6. The molecule has 3 aromatic heterocycles. The van der Waals surface area contributed by atoms with Crippen molar-refractivity contribution in [1.82, 2.24) is 24.6 Å². The van der Waals surface area contributed by atoms with Crippen LogP contribution in [0.2, 0.25) is 0 Å². The number of pyridine rings is 1. The summed E-state index contributed by atoms with van der Waals surface area (Å²) in [7, 11) is 0. The molecule has 0 amide bonds. The van der Waals surface area contributed by atoms with Gasteiger partial charge in [0.25, 0.3) is 5.78 Å². The first-order valence-electron chi connectivity index (χ1n) is 9.30. The fourth-order valence-electron chi connectivity index (χ4n) is 4.32. The van der Waals surface area contributed by atoms with Gasteiger partial charge in [0.15, 0.2) is 0 Å². The number of hydrogen-bond donors (Lipinski definition) is 1. The van der Waals surface area contributed by atoms with E-state index < -0.39 is 5.60 Å². The molecule has 3 aromatic rings. The van der Waals surface area contributed by atoms with Crippen molar-refractivity contribution < 1.29 is 5.11 Å². The molecule has 1 aliphatic heterocycles. The molecule has 7 heteroatoms. The SMILES string of the molecule is OC1(Cc2ccncc2)CCN(c2c3c(nc4ncnn24)CCC3)CC1. The predicted molar refractivity (Wildman–Crippen MR) is 97.1 cm³/mol. The van der Waals surface area contributed by atoms with E-state index in [-0.39, 0.29) is 0 Å². The van der Waals surface area contributed by atoms with Gasteiger partial charge >= 0.3 is 0 Å². The van der Waals surface area contributed by atoms with Gasteiger partial charge in [-0.1, -0.05) is 0 Å². The summed E-state index contributed by atoms with van der Waals surface area (Å²) in [6, 6.07) is 3.97. The molecule has 7 nitrogen and oxygen atoms in total. The lowest BCUT2D eigenvalue weighted by atomic mass is 9.85. The highest BCUT2D eigenvalue weighted by molar-refractivity contribution is 5.56. The first kappa shape index (κ1) is 15.7. The quantitative estimate of drug-likeness (QED) is 0.773. The Labute approximate surface area is 151 Å². The van der Waals surface area contributed by atoms with E-state index in [1.165, 1.54) is 5.56 Å². The Morgan fingerprint density at radius 2 is 1.92 bits per heavy atom. The molecule has 1 saturated heterocycles. The predicted octanol–water partition coefficient (Wildman–Crippen LogP) is 1.58. The Morgan fingerprint density at radius 3 is 2.73 bits per heavy atom. The van der Waals surface area contributed by atoms with Crippen molar-refractivity contribution in [2.45, 2.75) is 44.1 Å². The highest BCUT2D eigenvalue weighted by Gasteiger charge is 2.35. The van der Waals surface area contributed by atoms with Crippen LogP contribution in [0.5, 0.6) is 0 Å². The van der Waals surface area contributed by atoms with Crippen LogP contribution >= 0.6 is 0 Å². The maximum atomic E-state index is 11.1. The van der Waals surface area contributed by atoms with Gasteiger partial charge in [-0.2, -0.15) is 14.6 Å². The van der Waals surface area contributed by atoms with Crippen LogP contribution < -0.4 is 4.90 Å². The summed E-state index contributed by atoms with van der Waals surface area (Å²) in [5.41, 5.74) is 2.95. The fraction of sp³-hybridized carbons (Fsp3) is 0.474. The summed E-state index contributed by atoms with van der Waals surface area (Å²) >= 11 is 0. The van der Waals surface area contributed by atoms with E-state index in [0.29, 0.717) is 12.2 Å². The smallest absolute Gasteiger partial charge is 0.254 e. The Kier molecular flexibility index (Phi) is 3.63. The number of anilines is 1. The van der Waals surface area contributed by atoms with E-state index >= 15 is 0 Å². The number of aromatic nitrogens is 5. The molecule has 134 valence electrons. The summed E-state index contributed by atoms with van der Waals surface area (Å²) in [6.07, 6.45) is 10.5. The van der Waals surface area contributed by atoms with Gasteiger partial charge < -0.3 is 10.0 Å². The van der Waals surface area contributed by atoms with E-state index in [1.807, 2.05) is 16.6 Å². The number of fused-ring (bicyclic) bond motifs is 2. The molecule has 26 heavy (non-hydrogen) atoms. The fourth-order valence-corrected chi connectivity index (χ4v) is 4.32. The van der Waals surface area contributed by atoms with Gasteiger partial charge in [0, 0.05) is 37.5 Å². The molecule has 4 heterocycles. The van der Waals surface area contributed by atoms with E-state index in [1.54, 1.807) is 18.7 Å². The second-order valence-corrected chi connectivity index (χ2v) is 7.43. The van der Waals surface area contributed by atoms with Gasteiger partial charge in [-0.05, 0) is 49.8 Å². The van der Waals surface area contributed by atoms with E-state index in [2.05, 4.69) is 25.0 Å². The standard InChI is InChI=1S/C19H22N6O/c26-19(12-14-4-8-20-9-5-14)6-10-24(11-7-19)17-15-2-1-3-16(15)23-18-21-13-22-25(17)18/h4-5,8-9,13,26H,1-3,6-7,10-12H2. The van der Waals surface area contributed by atoms with Crippen LogP contribution in [0.1, 0.15) is 36.1 Å². The van der Waals surface area contributed by atoms with Crippen LogP contribution in [0, 0.1) is 0 Å². The lowest BCUT2D eigenvalue weighted by Crippen LogP contribution is -2.46. The molecule has 1 aliphatic carbocycles. The summed E-state index contributed by atoms with van der Waals surface area (Å²) in [5, 5.41) is 15.5. The zero-order chi connectivity index (χ0) is 17.6. The van der Waals surface area contributed by atoms with Crippen LogP contribution in [-0.2, 0) is 19.3 Å². The summed E-state index contributed by atoms with van der Waals surface area (Å²) in [5.74, 6) is 1.81. The molecule has 5 rings (SSSR count). The van der Waals surface area contributed by atoms with Gasteiger partial charge in [-0.25, -0.2) is 4.98 Å². The van der Waals surface area contributed by atoms with E-state index in [4.69, 9.17) is 0 Å². The second kappa shape index (κ2) is 6.02.